The van der Waals surface area contributed by atoms with Crippen molar-refractivity contribution in [3.63, 3.8) is 0 Å². The number of rotatable bonds is 2. The van der Waals surface area contributed by atoms with Gasteiger partial charge in [-0.3, -0.25) is 4.99 Å². The molecule has 20 heavy (non-hydrogen) atoms. The number of nitrogens with zero attached hydrogens (tertiary/aromatic N) is 3. The molecule has 0 atom stereocenters. The molecule has 0 spiro atoms. The van der Waals surface area contributed by atoms with Gasteiger partial charge < -0.3 is 4.42 Å². The van der Waals surface area contributed by atoms with Gasteiger partial charge >= 0.3 is 0 Å². The smallest absolute Gasteiger partial charge is 0.266 e. The van der Waals surface area contributed by atoms with Crippen molar-refractivity contribution in [2.75, 3.05) is 0 Å². The quantitative estimate of drug-likeness (QED) is 0.817. The van der Waals surface area contributed by atoms with Crippen LogP contribution in [-0.4, -0.2) is 16.4 Å². The maximum atomic E-state index is 5.66. The van der Waals surface area contributed by atoms with Gasteiger partial charge in [-0.25, -0.2) is 0 Å². The minimum Gasteiger partial charge on any atom is -0.415 e. The summed E-state index contributed by atoms with van der Waals surface area (Å²) in [5, 5.41) is 8.12. The van der Waals surface area contributed by atoms with E-state index in [0.29, 0.717) is 11.8 Å². The molecule has 0 radical (unpaired) electrons. The fourth-order valence-corrected chi connectivity index (χ4v) is 1.87. The fourth-order valence-electron chi connectivity index (χ4n) is 1.87. The first-order chi connectivity index (χ1) is 9.83. The van der Waals surface area contributed by atoms with E-state index in [-0.39, 0.29) is 0 Å². The fraction of sp³-hybridized carbons (Fsp3) is 0.312. The third-order valence-electron chi connectivity index (χ3n) is 2.77. The molecule has 0 bridgehead atoms. The second kappa shape index (κ2) is 6.80. The van der Waals surface area contributed by atoms with Gasteiger partial charge in [0.1, 0.15) is 5.70 Å². The molecular weight excluding hydrogens is 250 g/mol. The van der Waals surface area contributed by atoms with Crippen LogP contribution in [0.4, 0.5) is 0 Å². The van der Waals surface area contributed by atoms with Crippen LogP contribution >= 0.6 is 0 Å². The molecule has 104 valence electrons. The highest BCUT2D eigenvalue weighted by Gasteiger charge is 2.12. The number of hydrogen-bond acceptors (Lipinski definition) is 4. The third-order valence-corrected chi connectivity index (χ3v) is 2.77. The first-order valence-electron chi connectivity index (χ1n) is 6.96. The highest BCUT2D eigenvalue weighted by Crippen LogP contribution is 2.24. The predicted molar refractivity (Wildman–Crippen MR) is 81.5 cm³/mol. The molecule has 1 aromatic carbocycles. The second-order valence-electron chi connectivity index (χ2n) is 4.26. The van der Waals surface area contributed by atoms with Crippen molar-refractivity contribution in [2.45, 2.75) is 33.6 Å². The molecule has 0 fully saturated rings. The molecule has 0 N–H and O–H groups in total. The maximum absolute atomic E-state index is 5.66. The molecule has 4 nitrogen and oxygen atoms in total. The zero-order chi connectivity index (χ0) is 14.4. The second-order valence-corrected chi connectivity index (χ2v) is 4.26. The molecule has 4 heteroatoms. The minimum absolute atomic E-state index is 0.488. The van der Waals surface area contributed by atoms with Gasteiger partial charge in [0.2, 0.25) is 5.89 Å². The number of aromatic nitrogens is 2. The summed E-state index contributed by atoms with van der Waals surface area (Å²) in [7, 11) is 0. The Labute approximate surface area is 119 Å². The number of hydrogen-bond donors (Lipinski definition) is 0. The molecule has 0 saturated carbocycles. The lowest BCUT2D eigenvalue weighted by atomic mass is 10.1. The summed E-state index contributed by atoms with van der Waals surface area (Å²) >= 11 is 0. The molecule has 0 unspecified atom stereocenters. The van der Waals surface area contributed by atoms with Crippen LogP contribution in [0.1, 0.15) is 38.1 Å². The van der Waals surface area contributed by atoms with Gasteiger partial charge in [-0.1, -0.05) is 37.6 Å². The number of allylic oxidation sites excluding steroid dienone is 1. The Bertz CT molecular complexity index is 626. The van der Waals surface area contributed by atoms with Gasteiger partial charge in [-0.2, -0.15) is 0 Å². The van der Waals surface area contributed by atoms with Crippen LogP contribution < -0.4 is 0 Å². The summed E-state index contributed by atoms with van der Waals surface area (Å²) in [4.78, 5) is 4.26. The average molecular weight is 269 g/mol. The number of benzene rings is 1. The van der Waals surface area contributed by atoms with Crippen molar-refractivity contribution in [3.05, 3.63) is 41.8 Å². The van der Waals surface area contributed by atoms with Gasteiger partial charge in [0, 0.05) is 11.8 Å². The average Bonchev–Trinajstić information content (AvgIpc) is 3.00. The summed E-state index contributed by atoms with van der Waals surface area (Å²) in [6, 6.07) is 8.00. The first kappa shape index (κ1) is 14.2. The van der Waals surface area contributed by atoms with Crippen molar-refractivity contribution < 1.29 is 4.42 Å². The van der Waals surface area contributed by atoms with E-state index in [2.05, 4.69) is 15.2 Å². The van der Waals surface area contributed by atoms with Gasteiger partial charge in [0.05, 0.1) is 0 Å². The normalized spacial score (nSPS) is 13.4. The standard InChI is InChI=1S/C14H13N3O.C2H6/c1-10-5-4-6-11(9-10)13-16-17-14(18-13)12-7-2-3-8-15-12;1-2/h4-9H,2-3H2,1H3;1-2H3. The molecular formula is C16H19N3O. The maximum Gasteiger partial charge on any atom is 0.266 e. The van der Waals surface area contributed by atoms with Crippen LogP contribution in [-0.2, 0) is 0 Å². The number of aliphatic imine (C=N–C) groups is 1. The Morgan fingerprint density at radius 1 is 1.05 bits per heavy atom. The highest BCUT2D eigenvalue weighted by molar-refractivity contribution is 5.73. The zero-order valence-electron chi connectivity index (χ0n) is 12.1. The van der Waals surface area contributed by atoms with E-state index < -0.39 is 0 Å². The van der Waals surface area contributed by atoms with Crippen LogP contribution in [0.25, 0.3) is 17.2 Å². The van der Waals surface area contributed by atoms with E-state index in [9.17, 15) is 0 Å². The third kappa shape index (κ3) is 3.20. The Hall–Kier alpha value is -2.23. The molecule has 0 aliphatic carbocycles. The zero-order valence-corrected chi connectivity index (χ0v) is 12.1. The Morgan fingerprint density at radius 3 is 2.55 bits per heavy atom. The first-order valence-corrected chi connectivity index (χ1v) is 6.96. The van der Waals surface area contributed by atoms with Gasteiger partial charge in [0.25, 0.3) is 5.89 Å². The SMILES string of the molecule is CC.Cc1cccc(-c2nnc(C3=CCCC=N3)o2)c1. The topological polar surface area (TPSA) is 51.3 Å². The summed E-state index contributed by atoms with van der Waals surface area (Å²) in [5.41, 5.74) is 2.88. The summed E-state index contributed by atoms with van der Waals surface area (Å²) in [6.07, 6.45) is 5.85. The summed E-state index contributed by atoms with van der Waals surface area (Å²) in [6.45, 7) is 6.04. The monoisotopic (exact) mass is 269 g/mol. The van der Waals surface area contributed by atoms with E-state index >= 15 is 0 Å². The van der Waals surface area contributed by atoms with Crippen molar-refractivity contribution in [1.29, 1.82) is 0 Å². The van der Waals surface area contributed by atoms with Gasteiger partial charge in [0.15, 0.2) is 0 Å². The lowest BCUT2D eigenvalue weighted by molar-refractivity contribution is 0.551. The largest absolute Gasteiger partial charge is 0.415 e. The van der Waals surface area contributed by atoms with E-state index in [4.69, 9.17) is 4.42 Å². The Kier molecular flexibility index (Phi) is 4.82. The molecule has 3 rings (SSSR count). The Morgan fingerprint density at radius 2 is 1.85 bits per heavy atom. The predicted octanol–water partition coefficient (Wildman–Crippen LogP) is 4.28. The van der Waals surface area contributed by atoms with Crippen molar-refractivity contribution in [2.24, 2.45) is 4.99 Å². The Balaban J connectivity index is 0.000000704. The van der Waals surface area contributed by atoms with Crippen LogP contribution in [0, 0.1) is 6.92 Å². The molecule has 0 amide bonds. The highest BCUT2D eigenvalue weighted by atomic mass is 16.4. The van der Waals surface area contributed by atoms with Gasteiger partial charge in [-0.15, -0.1) is 10.2 Å². The molecule has 0 saturated heterocycles. The lowest BCUT2D eigenvalue weighted by Gasteiger charge is -2.00. The van der Waals surface area contributed by atoms with E-state index in [1.54, 1.807) is 0 Å². The van der Waals surface area contributed by atoms with E-state index in [0.717, 1.165) is 24.1 Å². The molecule has 1 aliphatic heterocycles. The van der Waals surface area contributed by atoms with Gasteiger partial charge in [-0.05, 0) is 31.9 Å². The molecule has 1 aromatic heterocycles. The van der Waals surface area contributed by atoms with Crippen LogP contribution in [0.5, 0.6) is 0 Å². The molecule has 1 aliphatic rings. The van der Waals surface area contributed by atoms with E-state index in [1.807, 2.05) is 57.3 Å². The summed E-state index contributed by atoms with van der Waals surface area (Å²) in [5.74, 6) is 1.03. The minimum atomic E-state index is 0.488. The number of aryl methyl sites for hydroxylation is 1. The molecule has 2 aromatic rings. The lowest BCUT2D eigenvalue weighted by Crippen LogP contribution is -1.88. The molecule has 2 heterocycles. The van der Waals surface area contributed by atoms with Crippen LogP contribution in [0.15, 0.2) is 39.8 Å². The van der Waals surface area contributed by atoms with Crippen molar-refractivity contribution in [3.8, 4) is 11.5 Å². The van der Waals surface area contributed by atoms with Crippen LogP contribution in [0.2, 0.25) is 0 Å². The van der Waals surface area contributed by atoms with E-state index in [1.165, 1.54) is 5.56 Å². The van der Waals surface area contributed by atoms with Crippen molar-refractivity contribution >= 4 is 11.9 Å². The summed E-state index contributed by atoms with van der Waals surface area (Å²) < 4.78 is 5.66. The van der Waals surface area contributed by atoms with Crippen molar-refractivity contribution in [1.82, 2.24) is 10.2 Å². The van der Waals surface area contributed by atoms with Crippen LogP contribution in [0.3, 0.4) is 0 Å².